The van der Waals surface area contributed by atoms with Crippen molar-refractivity contribution in [1.82, 2.24) is 0 Å². The van der Waals surface area contributed by atoms with Crippen LogP contribution in [0.4, 0.5) is 0 Å². The lowest BCUT2D eigenvalue weighted by Gasteiger charge is -2.01. The highest BCUT2D eigenvalue weighted by Gasteiger charge is 1.98. The first kappa shape index (κ1) is 17.3. The van der Waals surface area contributed by atoms with E-state index in [-0.39, 0.29) is 24.3 Å². The Labute approximate surface area is 130 Å². The van der Waals surface area contributed by atoms with Gasteiger partial charge in [-0.15, -0.1) is 12.4 Å². The lowest BCUT2D eigenvalue weighted by atomic mass is 10.1. The predicted molar refractivity (Wildman–Crippen MR) is 87.4 cm³/mol. The smallest absolute Gasteiger partial charge is 0.218 e. The summed E-state index contributed by atoms with van der Waals surface area (Å²) in [5.74, 6) is -0.00910. The predicted octanol–water partition coefficient (Wildman–Crippen LogP) is 1.50. The zero-order chi connectivity index (χ0) is 12.8. The first-order valence-corrected chi connectivity index (χ1v) is 6.28. The van der Waals surface area contributed by atoms with Crippen molar-refractivity contribution < 1.29 is 0 Å². The minimum atomic E-state index is -0.0939. The van der Waals surface area contributed by atoms with Crippen LogP contribution in [0.15, 0.2) is 28.2 Å². The summed E-state index contributed by atoms with van der Waals surface area (Å²) in [5, 5.41) is 0.740. The summed E-state index contributed by atoms with van der Waals surface area (Å²) in [5.41, 5.74) is 16.9. The summed E-state index contributed by atoms with van der Waals surface area (Å²) in [6.45, 7) is 0.513. The third-order valence-corrected chi connectivity index (χ3v) is 3.47. The average Bonchev–Trinajstić information content (AvgIpc) is 2.22. The van der Waals surface area contributed by atoms with Gasteiger partial charge in [-0.05, 0) is 46.7 Å². The Morgan fingerprint density at radius 3 is 2.50 bits per heavy atom. The molecule has 0 bridgehead atoms. The number of aliphatic imine (C=N–C) groups is 2. The number of nitrogens with zero attached hydrogens (tertiary/aromatic N) is 2. The fraction of sp³-hybridized carbons (Fsp3) is 0.200. The number of hydrogen-bond donors (Lipinski definition) is 3. The molecule has 0 aliphatic heterocycles. The minimum absolute atomic E-state index is 0. The molecule has 0 saturated carbocycles. The molecule has 0 spiro atoms. The molecule has 0 atom stereocenters. The summed E-state index contributed by atoms with van der Waals surface area (Å²) in [6.07, 6.45) is 0.733. The molecule has 0 amide bonds. The highest BCUT2D eigenvalue weighted by Crippen LogP contribution is 2.19. The van der Waals surface area contributed by atoms with E-state index in [4.69, 9.17) is 28.8 Å². The van der Waals surface area contributed by atoms with Gasteiger partial charge in [0.05, 0.1) is 5.02 Å². The monoisotopic (exact) mass is 401 g/mol. The van der Waals surface area contributed by atoms with Crippen molar-refractivity contribution in [2.24, 2.45) is 27.2 Å². The Morgan fingerprint density at radius 1 is 1.28 bits per heavy atom. The van der Waals surface area contributed by atoms with Gasteiger partial charge in [0.1, 0.15) is 0 Å². The van der Waals surface area contributed by atoms with Crippen LogP contribution >= 0.6 is 46.6 Å². The van der Waals surface area contributed by atoms with E-state index in [9.17, 15) is 0 Å². The highest BCUT2D eigenvalue weighted by molar-refractivity contribution is 14.1. The Balaban J connectivity index is 0.00000289. The lowest BCUT2D eigenvalue weighted by Crippen LogP contribution is -2.26. The molecule has 1 aromatic rings. The van der Waals surface area contributed by atoms with Crippen LogP contribution < -0.4 is 17.2 Å². The van der Waals surface area contributed by atoms with Crippen molar-refractivity contribution in [3.05, 3.63) is 32.4 Å². The van der Waals surface area contributed by atoms with Gasteiger partial charge >= 0.3 is 0 Å². The van der Waals surface area contributed by atoms with E-state index in [1.807, 2.05) is 18.2 Å². The van der Waals surface area contributed by atoms with Gasteiger partial charge in [-0.2, -0.15) is 4.99 Å². The molecule has 100 valence electrons. The number of benzene rings is 1. The molecular formula is C10H14Cl2IN5. The topological polar surface area (TPSA) is 103 Å². The van der Waals surface area contributed by atoms with Crippen molar-refractivity contribution in [3.8, 4) is 0 Å². The molecule has 0 radical (unpaired) electrons. The Kier molecular flexibility index (Phi) is 8.05. The SMILES string of the molecule is Cl.NC(N)=NC(N)=NCCc1ccc(I)c(Cl)c1. The van der Waals surface area contributed by atoms with Crippen molar-refractivity contribution in [2.45, 2.75) is 6.42 Å². The van der Waals surface area contributed by atoms with Gasteiger partial charge < -0.3 is 17.2 Å². The third kappa shape index (κ3) is 6.27. The Bertz CT molecular complexity index is 458. The van der Waals surface area contributed by atoms with E-state index in [1.54, 1.807) is 0 Å². The summed E-state index contributed by atoms with van der Waals surface area (Å²) < 4.78 is 1.02. The lowest BCUT2D eigenvalue weighted by molar-refractivity contribution is 0.961. The molecule has 1 aromatic carbocycles. The number of hydrogen-bond acceptors (Lipinski definition) is 1. The molecule has 0 aromatic heterocycles. The first-order valence-electron chi connectivity index (χ1n) is 4.82. The maximum absolute atomic E-state index is 6.00. The minimum Gasteiger partial charge on any atom is -0.370 e. The molecule has 0 unspecified atom stereocenters. The number of guanidine groups is 2. The van der Waals surface area contributed by atoms with Crippen molar-refractivity contribution in [1.29, 1.82) is 0 Å². The molecule has 0 aliphatic carbocycles. The molecule has 0 fully saturated rings. The van der Waals surface area contributed by atoms with Crippen LogP contribution in [0.25, 0.3) is 0 Å². The summed E-state index contributed by atoms with van der Waals surface area (Å²) in [6, 6.07) is 5.87. The van der Waals surface area contributed by atoms with Gasteiger partial charge in [-0.3, -0.25) is 4.99 Å². The van der Waals surface area contributed by atoms with Gasteiger partial charge in [0, 0.05) is 10.1 Å². The van der Waals surface area contributed by atoms with E-state index in [0.29, 0.717) is 6.54 Å². The fourth-order valence-electron chi connectivity index (χ4n) is 1.16. The van der Waals surface area contributed by atoms with E-state index in [1.165, 1.54) is 0 Å². The van der Waals surface area contributed by atoms with E-state index >= 15 is 0 Å². The van der Waals surface area contributed by atoms with Crippen molar-refractivity contribution >= 4 is 58.5 Å². The molecular weight excluding hydrogens is 388 g/mol. The normalized spacial score (nSPS) is 10.7. The average molecular weight is 402 g/mol. The summed E-state index contributed by atoms with van der Waals surface area (Å²) >= 11 is 8.18. The molecule has 6 N–H and O–H groups in total. The molecule has 1 rings (SSSR count). The van der Waals surface area contributed by atoms with Crippen LogP contribution in [0.2, 0.25) is 5.02 Å². The second-order valence-corrected chi connectivity index (χ2v) is 4.84. The Morgan fingerprint density at radius 2 is 1.94 bits per heavy atom. The van der Waals surface area contributed by atoms with Crippen LogP contribution in [0.1, 0.15) is 5.56 Å². The first-order chi connectivity index (χ1) is 7.99. The second kappa shape index (κ2) is 8.39. The fourth-order valence-corrected chi connectivity index (χ4v) is 1.70. The van der Waals surface area contributed by atoms with E-state index in [0.717, 1.165) is 20.6 Å². The molecule has 0 aliphatic rings. The number of halogens is 3. The zero-order valence-corrected chi connectivity index (χ0v) is 13.2. The molecule has 5 nitrogen and oxygen atoms in total. The number of rotatable bonds is 3. The maximum Gasteiger partial charge on any atom is 0.218 e. The second-order valence-electron chi connectivity index (χ2n) is 3.28. The number of nitrogens with two attached hydrogens (primary N) is 3. The van der Waals surface area contributed by atoms with Crippen LogP contribution in [0.3, 0.4) is 0 Å². The van der Waals surface area contributed by atoms with Gasteiger partial charge in [-0.25, -0.2) is 0 Å². The molecule has 8 heteroatoms. The van der Waals surface area contributed by atoms with Crippen LogP contribution in [0.5, 0.6) is 0 Å². The van der Waals surface area contributed by atoms with Crippen molar-refractivity contribution in [2.75, 3.05) is 6.54 Å². The van der Waals surface area contributed by atoms with Gasteiger partial charge in [0.15, 0.2) is 5.96 Å². The van der Waals surface area contributed by atoms with Gasteiger partial charge in [0.2, 0.25) is 5.96 Å². The molecule has 18 heavy (non-hydrogen) atoms. The van der Waals surface area contributed by atoms with Crippen LogP contribution in [0, 0.1) is 3.57 Å². The summed E-state index contributed by atoms with van der Waals surface area (Å²) in [7, 11) is 0. The van der Waals surface area contributed by atoms with E-state index < -0.39 is 0 Å². The van der Waals surface area contributed by atoms with Gasteiger partial charge in [0.25, 0.3) is 0 Å². The Hall–Kier alpha value is -0.730. The molecule has 0 saturated heterocycles. The van der Waals surface area contributed by atoms with Gasteiger partial charge in [-0.1, -0.05) is 17.7 Å². The largest absolute Gasteiger partial charge is 0.370 e. The highest BCUT2D eigenvalue weighted by atomic mass is 127. The van der Waals surface area contributed by atoms with Crippen molar-refractivity contribution in [3.63, 3.8) is 0 Å². The standard InChI is InChI=1S/C10H13ClIN5.ClH/c11-7-5-6(1-2-8(7)12)3-4-16-10(15)17-9(13)14;/h1-2,5H,3-4H2,(H6,13,14,15,16,17);1H. The third-order valence-electron chi connectivity index (χ3n) is 1.90. The maximum atomic E-state index is 6.00. The summed E-state index contributed by atoms with van der Waals surface area (Å²) in [4.78, 5) is 7.63. The van der Waals surface area contributed by atoms with E-state index in [2.05, 4.69) is 32.6 Å². The quantitative estimate of drug-likeness (QED) is 0.406. The zero-order valence-electron chi connectivity index (χ0n) is 9.44. The van der Waals surface area contributed by atoms with Crippen LogP contribution in [-0.2, 0) is 6.42 Å². The van der Waals surface area contributed by atoms with Crippen LogP contribution in [-0.4, -0.2) is 18.5 Å². The molecule has 0 heterocycles.